The minimum atomic E-state index is -0.909. The molecule has 28 heavy (non-hydrogen) atoms. The van der Waals surface area contributed by atoms with Crippen LogP contribution in [0.2, 0.25) is 0 Å². The number of esters is 1. The predicted molar refractivity (Wildman–Crippen MR) is 114 cm³/mol. The Morgan fingerprint density at radius 1 is 1.11 bits per heavy atom. The predicted octanol–water partition coefficient (Wildman–Crippen LogP) is 3.74. The number of likely N-dealkylation sites (N-methyl/N-ethyl adjacent to an activating group) is 2. The van der Waals surface area contributed by atoms with Crippen LogP contribution in [-0.4, -0.2) is 67.7 Å². The Morgan fingerprint density at radius 2 is 1.79 bits per heavy atom. The first-order valence-electron chi connectivity index (χ1n) is 10.6. The van der Waals surface area contributed by atoms with E-state index in [1.807, 2.05) is 45.0 Å². The van der Waals surface area contributed by atoms with Crippen molar-refractivity contribution in [3.8, 4) is 0 Å². The van der Waals surface area contributed by atoms with E-state index in [0.717, 1.165) is 37.8 Å². The zero-order valence-electron chi connectivity index (χ0n) is 18.4. The molecule has 0 spiro atoms. The van der Waals surface area contributed by atoms with E-state index >= 15 is 0 Å². The molecule has 0 aromatic carbocycles. The summed E-state index contributed by atoms with van der Waals surface area (Å²) in [6, 6.07) is -0.180. The number of hydrogen-bond acceptors (Lipinski definition) is 4. The number of amides is 2. The normalized spacial score (nSPS) is 17.0. The summed E-state index contributed by atoms with van der Waals surface area (Å²) in [4.78, 5) is 29.7. The smallest absolute Gasteiger partial charge is 0.332 e. The van der Waals surface area contributed by atoms with Crippen LogP contribution in [0.15, 0.2) is 23.8 Å². The van der Waals surface area contributed by atoms with Gasteiger partial charge in [0, 0.05) is 19.6 Å². The van der Waals surface area contributed by atoms with Crippen molar-refractivity contribution in [2.24, 2.45) is 0 Å². The topological polar surface area (TPSA) is 61.9 Å². The molecule has 0 bridgehead atoms. The van der Waals surface area contributed by atoms with E-state index in [9.17, 15) is 9.59 Å². The van der Waals surface area contributed by atoms with Crippen LogP contribution in [0.25, 0.3) is 0 Å². The molecule has 2 amide bonds. The molecule has 1 rings (SSSR count). The molecule has 0 atom stereocenters. The number of allylic oxidation sites excluding steroid dienone is 2. The largest absolute Gasteiger partial charge is 0.459 e. The first kappa shape index (κ1) is 24.2. The zero-order chi connectivity index (χ0) is 21.0. The molecule has 1 fully saturated rings. The molecule has 0 radical (unpaired) electrons. The van der Waals surface area contributed by atoms with Crippen LogP contribution in [0.3, 0.4) is 0 Å². The number of ether oxygens (including phenoxy) is 1. The molecule has 1 aliphatic carbocycles. The maximum Gasteiger partial charge on any atom is 0.332 e. The summed E-state index contributed by atoms with van der Waals surface area (Å²) in [6.45, 7) is 8.23. The molecular weight excluding hydrogens is 354 g/mol. The molecule has 0 aromatic rings. The summed E-state index contributed by atoms with van der Waals surface area (Å²) < 4.78 is 5.66. The van der Waals surface area contributed by atoms with E-state index in [1.54, 1.807) is 4.90 Å². The minimum Gasteiger partial charge on any atom is -0.459 e. The van der Waals surface area contributed by atoms with Gasteiger partial charge < -0.3 is 19.9 Å². The standard InChI is InChI=1S/C22H39N3O3/c1-6-12-19(13-7-2)18-28-20(26)22(14-10-9-11-15-22)23-21(27)25(8-3)17-16-24(4)5/h6,12-13H,7-11,14-18H2,1-5H3,(H,23,27)/b12-6-,19-13+. The molecule has 1 saturated carbocycles. The number of nitrogens with one attached hydrogen (secondary N) is 1. The van der Waals surface area contributed by atoms with Gasteiger partial charge in [0.1, 0.15) is 12.1 Å². The number of rotatable bonds is 10. The summed E-state index contributed by atoms with van der Waals surface area (Å²) in [7, 11) is 3.97. The summed E-state index contributed by atoms with van der Waals surface area (Å²) in [5, 5.41) is 3.05. The number of carbonyl (C=O) groups excluding carboxylic acids is 2. The molecule has 0 unspecified atom stereocenters. The van der Waals surface area contributed by atoms with Crippen LogP contribution in [0.1, 0.15) is 59.3 Å². The Balaban J connectivity index is 2.84. The van der Waals surface area contributed by atoms with Crippen molar-refractivity contribution in [3.05, 3.63) is 23.8 Å². The number of carbonyl (C=O) groups is 2. The van der Waals surface area contributed by atoms with E-state index in [-0.39, 0.29) is 18.6 Å². The Kier molecular flexibility index (Phi) is 10.9. The van der Waals surface area contributed by atoms with Crippen molar-refractivity contribution in [2.45, 2.75) is 64.8 Å². The van der Waals surface area contributed by atoms with Gasteiger partial charge in [-0.25, -0.2) is 9.59 Å². The fourth-order valence-corrected chi connectivity index (χ4v) is 3.48. The van der Waals surface area contributed by atoms with Gasteiger partial charge in [-0.1, -0.05) is 44.4 Å². The van der Waals surface area contributed by atoms with Gasteiger partial charge in [0.15, 0.2) is 0 Å². The second-order valence-corrected chi connectivity index (χ2v) is 7.72. The van der Waals surface area contributed by atoms with Crippen LogP contribution in [0.4, 0.5) is 4.79 Å². The Bertz CT molecular complexity index is 549. The third-order valence-electron chi connectivity index (χ3n) is 5.15. The van der Waals surface area contributed by atoms with Crippen LogP contribution in [-0.2, 0) is 9.53 Å². The Hall–Kier alpha value is -1.82. The van der Waals surface area contributed by atoms with Gasteiger partial charge in [0.2, 0.25) is 0 Å². The summed E-state index contributed by atoms with van der Waals surface area (Å²) in [5.41, 5.74) is 0.0745. The lowest BCUT2D eigenvalue weighted by Gasteiger charge is -2.37. The van der Waals surface area contributed by atoms with Crippen LogP contribution in [0.5, 0.6) is 0 Å². The van der Waals surface area contributed by atoms with Gasteiger partial charge in [0.25, 0.3) is 0 Å². The van der Waals surface area contributed by atoms with E-state index in [2.05, 4.69) is 18.3 Å². The van der Waals surface area contributed by atoms with E-state index in [4.69, 9.17) is 4.74 Å². The molecule has 0 heterocycles. The van der Waals surface area contributed by atoms with Crippen molar-refractivity contribution in [3.63, 3.8) is 0 Å². The summed E-state index contributed by atoms with van der Waals surface area (Å²) >= 11 is 0. The molecule has 0 saturated heterocycles. The first-order valence-corrected chi connectivity index (χ1v) is 10.6. The quantitative estimate of drug-likeness (QED) is 0.454. The summed E-state index contributed by atoms with van der Waals surface area (Å²) in [6.07, 6.45) is 11.1. The average Bonchev–Trinajstić information content (AvgIpc) is 2.67. The van der Waals surface area contributed by atoms with E-state index < -0.39 is 5.54 Å². The third-order valence-corrected chi connectivity index (χ3v) is 5.15. The third kappa shape index (κ3) is 7.66. The van der Waals surface area contributed by atoms with Gasteiger partial charge in [-0.15, -0.1) is 0 Å². The summed E-state index contributed by atoms with van der Waals surface area (Å²) in [5.74, 6) is -0.310. The first-order chi connectivity index (χ1) is 13.4. The number of urea groups is 1. The fraction of sp³-hybridized carbons (Fsp3) is 0.727. The molecule has 6 heteroatoms. The average molecular weight is 394 g/mol. The lowest BCUT2D eigenvalue weighted by molar-refractivity contribution is -0.151. The van der Waals surface area contributed by atoms with Gasteiger partial charge >= 0.3 is 12.0 Å². The fourth-order valence-electron chi connectivity index (χ4n) is 3.48. The van der Waals surface area contributed by atoms with Gasteiger partial charge in [-0.05, 0) is 52.8 Å². The van der Waals surface area contributed by atoms with Crippen molar-refractivity contribution < 1.29 is 14.3 Å². The van der Waals surface area contributed by atoms with Crippen molar-refractivity contribution in [2.75, 3.05) is 40.3 Å². The van der Waals surface area contributed by atoms with Crippen molar-refractivity contribution in [1.82, 2.24) is 15.1 Å². The van der Waals surface area contributed by atoms with E-state index in [0.29, 0.717) is 25.9 Å². The minimum absolute atomic E-state index is 0.180. The maximum absolute atomic E-state index is 13.0. The highest BCUT2D eigenvalue weighted by molar-refractivity contribution is 5.87. The number of nitrogens with zero attached hydrogens (tertiary/aromatic N) is 2. The molecule has 160 valence electrons. The molecule has 0 aromatic heterocycles. The molecule has 1 aliphatic rings. The monoisotopic (exact) mass is 393 g/mol. The highest BCUT2D eigenvalue weighted by atomic mass is 16.5. The lowest BCUT2D eigenvalue weighted by atomic mass is 9.81. The van der Waals surface area contributed by atoms with Crippen LogP contribution >= 0.6 is 0 Å². The molecule has 0 aliphatic heterocycles. The van der Waals surface area contributed by atoms with Crippen molar-refractivity contribution in [1.29, 1.82) is 0 Å². The van der Waals surface area contributed by atoms with E-state index in [1.165, 1.54) is 0 Å². The highest BCUT2D eigenvalue weighted by Crippen LogP contribution is 2.30. The molecular formula is C22H39N3O3. The van der Waals surface area contributed by atoms with Gasteiger partial charge in [0.05, 0.1) is 0 Å². The van der Waals surface area contributed by atoms with Gasteiger partial charge in [-0.2, -0.15) is 0 Å². The molecule has 6 nitrogen and oxygen atoms in total. The van der Waals surface area contributed by atoms with Gasteiger partial charge in [-0.3, -0.25) is 0 Å². The zero-order valence-corrected chi connectivity index (χ0v) is 18.4. The SMILES string of the molecule is C/C=C\C(=C/CC)COC(=O)C1(NC(=O)N(CC)CCN(C)C)CCCCC1. The highest BCUT2D eigenvalue weighted by Gasteiger charge is 2.43. The second kappa shape index (κ2) is 12.6. The Morgan fingerprint density at radius 3 is 2.32 bits per heavy atom. The number of hydrogen-bond donors (Lipinski definition) is 1. The maximum atomic E-state index is 13.0. The van der Waals surface area contributed by atoms with Crippen LogP contribution in [0, 0.1) is 0 Å². The Labute approximate surface area is 171 Å². The van der Waals surface area contributed by atoms with Crippen LogP contribution < -0.4 is 5.32 Å². The molecule has 1 N–H and O–H groups in total. The second-order valence-electron chi connectivity index (χ2n) is 7.72. The van der Waals surface area contributed by atoms with Crippen molar-refractivity contribution >= 4 is 12.0 Å². The lowest BCUT2D eigenvalue weighted by Crippen LogP contribution is -2.59.